The van der Waals surface area contributed by atoms with Gasteiger partial charge in [-0.15, -0.1) is 5.10 Å². The molecule has 122 valence electrons. The number of hydrogen-bond donors (Lipinski definition) is 1. The average molecular weight is 337 g/mol. The van der Waals surface area contributed by atoms with Crippen molar-refractivity contribution >= 4 is 21.4 Å². The van der Waals surface area contributed by atoms with Gasteiger partial charge >= 0.3 is 6.18 Å². The molecule has 0 aliphatic carbocycles. The summed E-state index contributed by atoms with van der Waals surface area (Å²) in [5.41, 5.74) is 0.472. The number of rotatable bonds is 5. The van der Waals surface area contributed by atoms with Gasteiger partial charge in [0.1, 0.15) is 15.7 Å². The van der Waals surface area contributed by atoms with E-state index in [1.807, 2.05) is 0 Å². The fraction of sp³-hybridized carbons (Fsp3) is 0.545. The van der Waals surface area contributed by atoms with Gasteiger partial charge in [0.15, 0.2) is 0 Å². The Kier molecular flexibility index (Phi) is 4.27. The maximum Gasteiger partial charge on any atom is 0.453 e. The van der Waals surface area contributed by atoms with Crippen molar-refractivity contribution in [3.8, 4) is 0 Å². The molecule has 0 amide bonds. The first-order valence-corrected chi connectivity index (χ1v) is 8.35. The van der Waals surface area contributed by atoms with Crippen molar-refractivity contribution in [1.82, 2.24) is 19.6 Å². The van der Waals surface area contributed by atoms with E-state index in [-0.39, 0.29) is 23.9 Å². The molecule has 0 saturated carbocycles. The zero-order chi connectivity index (χ0) is 16.5. The third kappa shape index (κ3) is 4.06. The van der Waals surface area contributed by atoms with E-state index in [0.717, 1.165) is 10.8 Å². The molecule has 2 heterocycles. The lowest BCUT2D eigenvalue weighted by Crippen LogP contribution is -2.13. The molecule has 0 aromatic carbocycles. The Morgan fingerprint density at radius 2 is 2.00 bits per heavy atom. The van der Waals surface area contributed by atoms with Crippen molar-refractivity contribution in [2.45, 2.75) is 19.5 Å². The van der Waals surface area contributed by atoms with Gasteiger partial charge in [-0.3, -0.25) is 0 Å². The number of anilines is 1. The number of aromatic nitrogens is 4. The normalized spacial score (nSPS) is 12.8. The molecule has 0 atom stereocenters. The van der Waals surface area contributed by atoms with Crippen molar-refractivity contribution in [2.75, 3.05) is 23.9 Å². The summed E-state index contributed by atoms with van der Waals surface area (Å²) in [5, 5.41) is 6.24. The molecule has 0 aliphatic rings. The predicted octanol–water partition coefficient (Wildman–Crippen LogP) is 1.30. The molecule has 0 saturated heterocycles. The number of sulfone groups is 1. The molecule has 1 N–H and O–H groups in total. The van der Waals surface area contributed by atoms with Crippen LogP contribution in [0.15, 0.2) is 6.07 Å². The molecule has 22 heavy (non-hydrogen) atoms. The van der Waals surface area contributed by atoms with Gasteiger partial charge in [0.05, 0.1) is 5.75 Å². The zero-order valence-corrected chi connectivity index (χ0v) is 12.7. The van der Waals surface area contributed by atoms with E-state index in [1.54, 1.807) is 6.92 Å². The molecule has 0 radical (unpaired) electrons. The van der Waals surface area contributed by atoms with E-state index in [1.165, 1.54) is 6.07 Å². The highest BCUT2D eigenvalue weighted by molar-refractivity contribution is 7.90. The number of aryl methyl sites for hydroxylation is 1. The molecule has 0 aliphatic heterocycles. The van der Waals surface area contributed by atoms with Crippen molar-refractivity contribution in [3.63, 3.8) is 0 Å². The maximum absolute atomic E-state index is 12.6. The first-order chi connectivity index (χ1) is 10.1. The van der Waals surface area contributed by atoms with E-state index in [0.29, 0.717) is 12.1 Å². The molecule has 2 aromatic rings. The number of fused-ring (bicyclic) bond motifs is 1. The molecule has 2 aromatic heterocycles. The van der Waals surface area contributed by atoms with E-state index >= 15 is 0 Å². The Bertz CT molecular complexity index is 785. The first kappa shape index (κ1) is 16.5. The SMILES string of the molecule is Cc1cc(NCCCS(C)(=O)=O)n2nc(C(F)(F)F)nc2n1. The molecule has 0 fully saturated rings. The van der Waals surface area contributed by atoms with E-state index in [4.69, 9.17) is 0 Å². The topological polar surface area (TPSA) is 89.2 Å². The Balaban J connectivity index is 2.23. The second-order valence-electron chi connectivity index (χ2n) is 4.84. The summed E-state index contributed by atoms with van der Waals surface area (Å²) < 4.78 is 60.9. The summed E-state index contributed by atoms with van der Waals surface area (Å²) in [7, 11) is -3.08. The molecule has 0 unspecified atom stereocenters. The standard InChI is InChI=1S/C11H14F3N5O2S/c1-7-6-8(15-4-3-5-22(2,20)21)19-10(16-7)17-9(18-19)11(12,13)14/h6,15H,3-5H2,1-2H3. The van der Waals surface area contributed by atoms with Crippen LogP contribution in [0.2, 0.25) is 0 Å². The number of halogens is 3. The zero-order valence-electron chi connectivity index (χ0n) is 11.8. The van der Waals surface area contributed by atoms with Gasteiger partial charge in [0.25, 0.3) is 11.6 Å². The minimum absolute atomic E-state index is 0.0155. The summed E-state index contributed by atoms with van der Waals surface area (Å²) in [6.45, 7) is 1.89. The summed E-state index contributed by atoms with van der Waals surface area (Å²) in [6.07, 6.45) is -3.22. The number of hydrogen-bond acceptors (Lipinski definition) is 6. The van der Waals surface area contributed by atoms with E-state index in [9.17, 15) is 21.6 Å². The number of nitrogens with zero attached hydrogens (tertiary/aromatic N) is 4. The van der Waals surface area contributed by atoms with E-state index < -0.39 is 21.8 Å². The lowest BCUT2D eigenvalue weighted by Gasteiger charge is -2.08. The van der Waals surface area contributed by atoms with Crippen LogP contribution in [0, 0.1) is 6.92 Å². The summed E-state index contributed by atoms with van der Waals surface area (Å²) in [5.74, 6) is -1.18. The molecule has 0 bridgehead atoms. The Morgan fingerprint density at radius 3 is 2.59 bits per heavy atom. The highest BCUT2D eigenvalue weighted by Crippen LogP contribution is 2.27. The predicted molar refractivity (Wildman–Crippen MR) is 73.3 cm³/mol. The molecule has 11 heteroatoms. The highest BCUT2D eigenvalue weighted by Gasteiger charge is 2.36. The van der Waals surface area contributed by atoms with Crippen LogP contribution in [0.25, 0.3) is 5.78 Å². The number of nitrogens with one attached hydrogen (secondary N) is 1. The molecule has 7 nitrogen and oxygen atoms in total. The lowest BCUT2D eigenvalue weighted by atomic mass is 10.4. The molecular formula is C11H14F3N5O2S. The van der Waals surface area contributed by atoms with Crippen LogP contribution in [0.4, 0.5) is 19.0 Å². The van der Waals surface area contributed by atoms with Crippen LogP contribution < -0.4 is 5.32 Å². The second kappa shape index (κ2) is 5.71. The molecule has 0 spiro atoms. The monoisotopic (exact) mass is 337 g/mol. The second-order valence-corrected chi connectivity index (χ2v) is 7.10. The highest BCUT2D eigenvalue weighted by atomic mass is 32.2. The fourth-order valence-corrected chi connectivity index (χ4v) is 2.45. The Labute approximate surface area is 124 Å². The van der Waals surface area contributed by atoms with Crippen LogP contribution in [0.1, 0.15) is 17.9 Å². The largest absolute Gasteiger partial charge is 0.453 e. The number of alkyl halides is 3. The van der Waals surface area contributed by atoms with Gasteiger partial charge in [0.2, 0.25) is 0 Å². The van der Waals surface area contributed by atoms with Crippen molar-refractivity contribution in [1.29, 1.82) is 0 Å². The van der Waals surface area contributed by atoms with Gasteiger partial charge in [-0.05, 0) is 13.3 Å². The van der Waals surface area contributed by atoms with Crippen LogP contribution >= 0.6 is 0 Å². The summed E-state index contributed by atoms with van der Waals surface area (Å²) >= 11 is 0. The third-order valence-electron chi connectivity index (χ3n) is 2.69. The maximum atomic E-state index is 12.6. The van der Waals surface area contributed by atoms with E-state index in [2.05, 4.69) is 20.4 Å². The molecular weight excluding hydrogens is 323 g/mol. The average Bonchev–Trinajstić information content (AvgIpc) is 2.76. The Hall–Kier alpha value is -1.91. The van der Waals surface area contributed by atoms with Crippen molar-refractivity contribution < 1.29 is 21.6 Å². The van der Waals surface area contributed by atoms with Gasteiger partial charge in [-0.25, -0.2) is 13.4 Å². The van der Waals surface area contributed by atoms with Gasteiger partial charge in [-0.1, -0.05) is 0 Å². The van der Waals surface area contributed by atoms with Crippen LogP contribution in [0.3, 0.4) is 0 Å². The summed E-state index contributed by atoms with van der Waals surface area (Å²) in [6, 6.07) is 1.52. The quantitative estimate of drug-likeness (QED) is 0.827. The van der Waals surface area contributed by atoms with Crippen LogP contribution in [-0.2, 0) is 16.0 Å². The van der Waals surface area contributed by atoms with Crippen LogP contribution in [0.5, 0.6) is 0 Å². The molecule has 2 rings (SSSR count). The van der Waals surface area contributed by atoms with Gasteiger partial charge in [-0.2, -0.15) is 22.7 Å². The Morgan fingerprint density at radius 1 is 1.32 bits per heavy atom. The van der Waals surface area contributed by atoms with Crippen molar-refractivity contribution in [3.05, 3.63) is 17.6 Å². The smallest absolute Gasteiger partial charge is 0.370 e. The minimum atomic E-state index is -4.66. The van der Waals surface area contributed by atoms with Gasteiger partial charge < -0.3 is 5.32 Å². The van der Waals surface area contributed by atoms with Crippen LogP contribution in [-0.4, -0.2) is 46.6 Å². The fourth-order valence-electron chi connectivity index (χ4n) is 1.78. The third-order valence-corrected chi connectivity index (χ3v) is 3.72. The minimum Gasteiger partial charge on any atom is -0.370 e. The van der Waals surface area contributed by atoms with Gasteiger partial charge in [0, 0.05) is 24.6 Å². The lowest BCUT2D eigenvalue weighted by molar-refractivity contribution is -0.144. The summed E-state index contributed by atoms with van der Waals surface area (Å²) in [4.78, 5) is 7.24. The first-order valence-electron chi connectivity index (χ1n) is 6.29. The van der Waals surface area contributed by atoms with Crippen molar-refractivity contribution in [2.24, 2.45) is 0 Å².